The number of rotatable bonds is 4. The van der Waals surface area contributed by atoms with E-state index in [2.05, 4.69) is 21.2 Å². The van der Waals surface area contributed by atoms with E-state index >= 15 is 0 Å². The zero-order chi connectivity index (χ0) is 15.4. The fraction of sp³-hybridized carbons (Fsp3) is 0.188. The molecule has 0 aliphatic rings. The van der Waals surface area contributed by atoms with Gasteiger partial charge < -0.3 is 14.8 Å². The number of aryl methyl sites for hydroxylation is 1. The number of halogens is 1. The molecule has 0 aliphatic heterocycles. The van der Waals surface area contributed by atoms with Gasteiger partial charge >= 0.3 is 0 Å². The summed E-state index contributed by atoms with van der Waals surface area (Å²) in [4.78, 5) is 12.3. The van der Waals surface area contributed by atoms with Gasteiger partial charge in [-0.05, 0) is 47.1 Å². The van der Waals surface area contributed by atoms with E-state index in [1.54, 1.807) is 26.4 Å². The minimum Gasteiger partial charge on any atom is -0.495 e. The zero-order valence-electron chi connectivity index (χ0n) is 12.1. The van der Waals surface area contributed by atoms with E-state index < -0.39 is 0 Å². The summed E-state index contributed by atoms with van der Waals surface area (Å²) >= 11 is 3.38. The molecule has 5 heteroatoms. The summed E-state index contributed by atoms with van der Waals surface area (Å²) in [6, 6.07) is 10.9. The Balaban J connectivity index is 2.28. The van der Waals surface area contributed by atoms with E-state index in [1.165, 1.54) is 0 Å². The lowest BCUT2D eigenvalue weighted by molar-refractivity contribution is 0.102. The van der Waals surface area contributed by atoms with E-state index in [4.69, 9.17) is 9.47 Å². The van der Waals surface area contributed by atoms with Gasteiger partial charge in [0.15, 0.2) is 0 Å². The largest absolute Gasteiger partial charge is 0.495 e. The molecule has 0 heterocycles. The number of nitrogens with one attached hydrogen (secondary N) is 1. The second kappa shape index (κ2) is 6.63. The minimum atomic E-state index is -0.219. The highest BCUT2D eigenvalue weighted by molar-refractivity contribution is 9.10. The average Bonchev–Trinajstić information content (AvgIpc) is 2.49. The molecule has 0 atom stereocenters. The molecule has 0 fully saturated rings. The van der Waals surface area contributed by atoms with Gasteiger partial charge in [-0.25, -0.2) is 0 Å². The topological polar surface area (TPSA) is 47.6 Å². The molecule has 1 N–H and O–H groups in total. The highest BCUT2D eigenvalue weighted by Crippen LogP contribution is 2.35. The number of benzene rings is 2. The molecule has 21 heavy (non-hydrogen) atoms. The fourth-order valence-corrected chi connectivity index (χ4v) is 2.39. The Morgan fingerprint density at radius 2 is 1.57 bits per heavy atom. The maximum absolute atomic E-state index is 12.3. The van der Waals surface area contributed by atoms with Crippen molar-refractivity contribution in [3.8, 4) is 11.5 Å². The van der Waals surface area contributed by atoms with Crippen molar-refractivity contribution in [3.63, 3.8) is 0 Å². The van der Waals surface area contributed by atoms with Crippen LogP contribution in [0.2, 0.25) is 0 Å². The standard InChI is InChI=1S/C16H16BrNO3/c1-10-4-6-12(7-5-10)18-16(19)11-8-13(20-2)15(17)14(9-11)21-3/h4-9H,1-3H3,(H,18,19). The van der Waals surface area contributed by atoms with Gasteiger partial charge in [-0.3, -0.25) is 4.79 Å². The Labute approximate surface area is 132 Å². The van der Waals surface area contributed by atoms with Crippen LogP contribution in [-0.4, -0.2) is 20.1 Å². The maximum Gasteiger partial charge on any atom is 0.255 e. The first-order chi connectivity index (χ1) is 10.0. The van der Waals surface area contributed by atoms with Gasteiger partial charge in [-0.1, -0.05) is 17.7 Å². The average molecular weight is 350 g/mol. The van der Waals surface area contributed by atoms with Crippen LogP contribution >= 0.6 is 15.9 Å². The Hall–Kier alpha value is -2.01. The maximum atomic E-state index is 12.3. The van der Waals surface area contributed by atoms with E-state index in [0.29, 0.717) is 21.5 Å². The molecule has 0 saturated heterocycles. The minimum absolute atomic E-state index is 0.219. The SMILES string of the molecule is COc1cc(C(=O)Nc2ccc(C)cc2)cc(OC)c1Br. The van der Waals surface area contributed by atoms with E-state index in [1.807, 2.05) is 31.2 Å². The molecule has 0 bridgehead atoms. The van der Waals surface area contributed by atoms with Crippen LogP contribution < -0.4 is 14.8 Å². The Morgan fingerprint density at radius 3 is 2.05 bits per heavy atom. The molecule has 2 aromatic carbocycles. The summed E-state index contributed by atoms with van der Waals surface area (Å²) < 4.78 is 11.2. The molecular weight excluding hydrogens is 334 g/mol. The molecule has 0 saturated carbocycles. The number of carbonyl (C=O) groups excluding carboxylic acids is 1. The highest BCUT2D eigenvalue weighted by atomic mass is 79.9. The van der Waals surface area contributed by atoms with Crippen molar-refractivity contribution in [2.45, 2.75) is 6.92 Å². The van der Waals surface area contributed by atoms with Crippen molar-refractivity contribution < 1.29 is 14.3 Å². The van der Waals surface area contributed by atoms with Crippen LogP contribution in [0, 0.1) is 6.92 Å². The van der Waals surface area contributed by atoms with Crippen LogP contribution in [0.25, 0.3) is 0 Å². The molecule has 4 nitrogen and oxygen atoms in total. The number of anilines is 1. The molecule has 2 rings (SSSR count). The van der Waals surface area contributed by atoms with Gasteiger partial charge in [0.1, 0.15) is 16.0 Å². The van der Waals surface area contributed by atoms with Gasteiger partial charge in [-0.15, -0.1) is 0 Å². The van der Waals surface area contributed by atoms with E-state index in [9.17, 15) is 4.79 Å². The number of hydrogen-bond donors (Lipinski definition) is 1. The Kier molecular flexibility index (Phi) is 4.85. The molecule has 0 aromatic heterocycles. The van der Waals surface area contributed by atoms with Crippen molar-refractivity contribution in [2.24, 2.45) is 0 Å². The quantitative estimate of drug-likeness (QED) is 0.906. The third-order valence-corrected chi connectivity index (χ3v) is 3.80. The van der Waals surface area contributed by atoms with E-state index in [-0.39, 0.29) is 5.91 Å². The number of methoxy groups -OCH3 is 2. The van der Waals surface area contributed by atoms with Crippen molar-refractivity contribution in [1.29, 1.82) is 0 Å². The van der Waals surface area contributed by atoms with Crippen LogP contribution in [-0.2, 0) is 0 Å². The molecule has 110 valence electrons. The van der Waals surface area contributed by atoms with Crippen LogP contribution in [0.5, 0.6) is 11.5 Å². The van der Waals surface area contributed by atoms with E-state index in [0.717, 1.165) is 11.3 Å². The summed E-state index contributed by atoms with van der Waals surface area (Å²) in [5, 5.41) is 2.84. The van der Waals surface area contributed by atoms with Gasteiger partial charge in [0.2, 0.25) is 0 Å². The number of carbonyl (C=O) groups is 1. The molecule has 0 unspecified atom stereocenters. The summed E-state index contributed by atoms with van der Waals surface area (Å²) in [6.07, 6.45) is 0. The summed E-state index contributed by atoms with van der Waals surface area (Å²) in [5.74, 6) is 0.870. The summed E-state index contributed by atoms with van der Waals surface area (Å²) in [5.41, 5.74) is 2.35. The fourth-order valence-electron chi connectivity index (χ4n) is 1.84. The third kappa shape index (κ3) is 3.55. The molecule has 0 aliphatic carbocycles. The smallest absolute Gasteiger partial charge is 0.255 e. The predicted octanol–water partition coefficient (Wildman–Crippen LogP) is 4.03. The van der Waals surface area contributed by atoms with Gasteiger partial charge in [0.05, 0.1) is 14.2 Å². The molecule has 1 amide bonds. The second-order valence-electron chi connectivity index (χ2n) is 4.51. The first kappa shape index (κ1) is 15.4. The summed E-state index contributed by atoms with van der Waals surface area (Å²) in [6.45, 7) is 2.00. The molecule has 0 radical (unpaired) electrons. The molecular formula is C16H16BrNO3. The lowest BCUT2D eigenvalue weighted by Gasteiger charge is -2.12. The predicted molar refractivity (Wildman–Crippen MR) is 86.4 cm³/mol. The number of hydrogen-bond acceptors (Lipinski definition) is 3. The summed E-state index contributed by atoms with van der Waals surface area (Å²) in [7, 11) is 3.09. The zero-order valence-corrected chi connectivity index (χ0v) is 13.7. The molecule has 0 spiro atoms. The lowest BCUT2D eigenvalue weighted by atomic mass is 10.1. The first-order valence-electron chi connectivity index (χ1n) is 6.34. The monoisotopic (exact) mass is 349 g/mol. The number of amides is 1. The van der Waals surface area contributed by atoms with Crippen molar-refractivity contribution >= 4 is 27.5 Å². The van der Waals surface area contributed by atoms with Gasteiger partial charge in [-0.2, -0.15) is 0 Å². The van der Waals surface area contributed by atoms with Gasteiger partial charge in [0, 0.05) is 11.3 Å². The van der Waals surface area contributed by atoms with Crippen molar-refractivity contribution in [3.05, 3.63) is 52.0 Å². The molecule has 2 aromatic rings. The lowest BCUT2D eigenvalue weighted by Crippen LogP contribution is -2.12. The normalized spacial score (nSPS) is 10.1. The highest BCUT2D eigenvalue weighted by Gasteiger charge is 2.14. The second-order valence-corrected chi connectivity index (χ2v) is 5.31. The van der Waals surface area contributed by atoms with Crippen LogP contribution in [0.3, 0.4) is 0 Å². The van der Waals surface area contributed by atoms with Crippen LogP contribution in [0.15, 0.2) is 40.9 Å². The van der Waals surface area contributed by atoms with Gasteiger partial charge in [0.25, 0.3) is 5.91 Å². The number of ether oxygens (including phenoxy) is 2. The first-order valence-corrected chi connectivity index (χ1v) is 7.14. The Morgan fingerprint density at radius 1 is 1.05 bits per heavy atom. The van der Waals surface area contributed by atoms with Crippen LogP contribution in [0.4, 0.5) is 5.69 Å². The van der Waals surface area contributed by atoms with Crippen molar-refractivity contribution in [1.82, 2.24) is 0 Å². The third-order valence-electron chi connectivity index (χ3n) is 3.02. The Bertz CT molecular complexity index is 628. The van der Waals surface area contributed by atoms with Crippen molar-refractivity contribution in [2.75, 3.05) is 19.5 Å². The van der Waals surface area contributed by atoms with Crippen LogP contribution in [0.1, 0.15) is 15.9 Å².